The van der Waals surface area contributed by atoms with Crippen LogP contribution < -0.4 is 15.4 Å². The number of hydrogen-bond donors (Lipinski definition) is 4. The number of nitrogens with one attached hydrogen (secondary N) is 3. The van der Waals surface area contributed by atoms with Gasteiger partial charge in [0.25, 0.3) is 0 Å². The lowest BCUT2D eigenvalue weighted by molar-refractivity contribution is -0.144. The molecule has 2 fully saturated rings. The molecule has 2 saturated heterocycles. The maximum atomic E-state index is 13.7. The van der Waals surface area contributed by atoms with Crippen molar-refractivity contribution in [2.45, 2.75) is 62.4 Å². The Labute approximate surface area is 223 Å². The number of carbonyl (C=O) groups is 3. The van der Waals surface area contributed by atoms with Crippen LogP contribution in [0.4, 0.5) is 0 Å². The second kappa shape index (κ2) is 11.9. The molecule has 0 spiro atoms. The lowest BCUT2D eigenvalue weighted by Gasteiger charge is -2.35. The van der Waals surface area contributed by atoms with Crippen LogP contribution in [0.2, 0.25) is 0 Å². The molecule has 2 heterocycles. The van der Waals surface area contributed by atoms with Gasteiger partial charge in [-0.1, -0.05) is 23.8 Å². The molecule has 11 heteroatoms. The number of benzene rings is 1. The van der Waals surface area contributed by atoms with Gasteiger partial charge in [0.2, 0.25) is 10.0 Å². The number of rotatable bonds is 10. The highest BCUT2D eigenvalue weighted by Gasteiger charge is 2.45. The van der Waals surface area contributed by atoms with Crippen LogP contribution in [0.25, 0.3) is 0 Å². The highest BCUT2D eigenvalue weighted by molar-refractivity contribution is 7.89. The van der Waals surface area contributed by atoms with Gasteiger partial charge in [0.1, 0.15) is 11.8 Å². The number of ether oxygens (including phenoxy) is 1. The summed E-state index contributed by atoms with van der Waals surface area (Å²) in [6.07, 6.45) is 7.34. The first kappa shape index (κ1) is 28.2. The fourth-order valence-corrected chi connectivity index (χ4v) is 6.39. The molecule has 0 saturated carbocycles. The molecule has 1 aliphatic carbocycles. The van der Waals surface area contributed by atoms with Crippen molar-refractivity contribution < 1.29 is 32.6 Å². The predicted molar refractivity (Wildman–Crippen MR) is 140 cm³/mol. The lowest BCUT2D eigenvalue weighted by Crippen LogP contribution is -2.49. The average molecular weight is 546 g/mol. The van der Waals surface area contributed by atoms with E-state index in [1.54, 1.807) is 24.3 Å². The third kappa shape index (κ3) is 6.58. The second-order valence-electron chi connectivity index (χ2n) is 10.3. The molecule has 4 rings (SSSR count). The van der Waals surface area contributed by atoms with Gasteiger partial charge in [0.05, 0.1) is 22.3 Å². The Bertz CT molecular complexity index is 1210. The van der Waals surface area contributed by atoms with Crippen molar-refractivity contribution in [1.29, 1.82) is 0 Å². The number of carboxylic acid groups (broad SMARTS) is 1. The number of hydrogen-bond acceptors (Lipinski definition) is 8. The first-order valence-corrected chi connectivity index (χ1v) is 14.5. The molecule has 3 atom stereocenters. The summed E-state index contributed by atoms with van der Waals surface area (Å²) in [5.74, 6) is -1.80. The summed E-state index contributed by atoms with van der Waals surface area (Å²) >= 11 is 0. The van der Waals surface area contributed by atoms with Crippen molar-refractivity contribution in [3.8, 4) is 0 Å². The van der Waals surface area contributed by atoms with Crippen molar-refractivity contribution in [3.63, 3.8) is 0 Å². The fraction of sp³-hybridized carbons (Fsp3) is 0.519. The predicted octanol–water partition coefficient (Wildman–Crippen LogP) is 1.81. The fourth-order valence-electron chi connectivity index (χ4n) is 5.20. The SMILES string of the molecule is Cc1ccc(S(=O)(=O)N[C@@H](CC2(C(=O)[C@@H]3CCCN3)C=CC(OC(=O)C3CCNCC3)=CC2)C(=O)O)cc1. The second-order valence-corrected chi connectivity index (χ2v) is 12.0. The zero-order valence-electron chi connectivity index (χ0n) is 21.4. The monoisotopic (exact) mass is 545 g/mol. The largest absolute Gasteiger partial charge is 0.480 e. The van der Waals surface area contributed by atoms with Crippen molar-refractivity contribution in [1.82, 2.24) is 15.4 Å². The molecule has 38 heavy (non-hydrogen) atoms. The van der Waals surface area contributed by atoms with Gasteiger partial charge in [-0.2, -0.15) is 4.72 Å². The van der Waals surface area contributed by atoms with E-state index in [0.29, 0.717) is 31.6 Å². The summed E-state index contributed by atoms with van der Waals surface area (Å²) in [6, 6.07) is 4.06. The zero-order chi connectivity index (χ0) is 27.3. The molecule has 4 N–H and O–H groups in total. The molecule has 0 aromatic heterocycles. The van der Waals surface area contributed by atoms with Crippen LogP contribution in [0.1, 0.15) is 44.1 Å². The minimum absolute atomic E-state index is 0.0571. The number of aryl methyl sites for hydroxylation is 1. The molecule has 1 aromatic rings. The Morgan fingerprint density at radius 1 is 1.13 bits per heavy atom. The van der Waals surface area contributed by atoms with E-state index in [0.717, 1.165) is 25.1 Å². The van der Waals surface area contributed by atoms with Gasteiger partial charge in [0.15, 0.2) is 5.78 Å². The molecule has 1 unspecified atom stereocenters. The van der Waals surface area contributed by atoms with E-state index in [1.165, 1.54) is 18.2 Å². The molecule has 0 radical (unpaired) electrons. The number of carbonyl (C=O) groups excluding carboxylic acids is 2. The highest BCUT2D eigenvalue weighted by atomic mass is 32.2. The molecular formula is C27H35N3O7S. The normalized spacial score (nSPS) is 25.0. The number of allylic oxidation sites excluding steroid dienone is 3. The Morgan fingerprint density at radius 3 is 2.42 bits per heavy atom. The van der Waals surface area contributed by atoms with Gasteiger partial charge in [-0.15, -0.1) is 0 Å². The van der Waals surface area contributed by atoms with Crippen LogP contribution in [0.5, 0.6) is 0 Å². The lowest BCUT2D eigenvalue weighted by atomic mass is 9.70. The van der Waals surface area contributed by atoms with Gasteiger partial charge < -0.3 is 20.5 Å². The Balaban J connectivity index is 1.54. The summed E-state index contributed by atoms with van der Waals surface area (Å²) in [7, 11) is -4.15. The van der Waals surface area contributed by atoms with Crippen molar-refractivity contribution >= 4 is 27.7 Å². The van der Waals surface area contributed by atoms with Gasteiger partial charge in [-0.3, -0.25) is 14.4 Å². The van der Waals surface area contributed by atoms with Crippen molar-refractivity contribution in [3.05, 3.63) is 53.8 Å². The highest BCUT2D eigenvalue weighted by Crippen LogP contribution is 2.39. The first-order valence-electron chi connectivity index (χ1n) is 13.0. The smallest absolute Gasteiger partial charge is 0.321 e. The van der Waals surface area contributed by atoms with E-state index in [4.69, 9.17) is 4.74 Å². The van der Waals surface area contributed by atoms with Crippen LogP contribution in [0.3, 0.4) is 0 Å². The minimum atomic E-state index is -4.15. The van der Waals surface area contributed by atoms with Crippen LogP contribution in [0, 0.1) is 18.3 Å². The summed E-state index contributed by atoms with van der Waals surface area (Å²) < 4.78 is 33.9. The van der Waals surface area contributed by atoms with Crippen LogP contribution >= 0.6 is 0 Å². The number of Topliss-reactive ketones (excluding diaryl/α,β-unsaturated/α-hetero) is 1. The van der Waals surface area contributed by atoms with E-state index < -0.39 is 33.5 Å². The first-order chi connectivity index (χ1) is 18.1. The maximum Gasteiger partial charge on any atom is 0.321 e. The van der Waals surface area contributed by atoms with Gasteiger partial charge in [-0.25, -0.2) is 8.42 Å². The van der Waals surface area contributed by atoms with Gasteiger partial charge in [0, 0.05) is 0 Å². The number of sulfonamides is 1. The van der Waals surface area contributed by atoms with E-state index >= 15 is 0 Å². The minimum Gasteiger partial charge on any atom is -0.480 e. The molecule has 2 aliphatic heterocycles. The topological polar surface area (TPSA) is 151 Å². The van der Waals surface area contributed by atoms with Crippen molar-refractivity contribution in [2.75, 3.05) is 19.6 Å². The van der Waals surface area contributed by atoms with Crippen LogP contribution in [-0.4, -0.2) is 63.0 Å². The summed E-state index contributed by atoms with van der Waals surface area (Å²) in [5.41, 5.74) is -0.422. The molecule has 1 aromatic carbocycles. The number of esters is 1. The Kier molecular flexibility index (Phi) is 8.81. The Morgan fingerprint density at radius 2 is 1.84 bits per heavy atom. The maximum absolute atomic E-state index is 13.7. The summed E-state index contributed by atoms with van der Waals surface area (Å²) in [6.45, 7) is 3.98. The number of aliphatic carboxylic acids is 1. The van der Waals surface area contributed by atoms with Crippen LogP contribution in [0.15, 0.2) is 53.1 Å². The molecule has 206 valence electrons. The standard InChI is InChI=1S/C27H35N3O7S/c1-18-4-6-21(7-5-18)38(35,36)30-23(25(32)33)17-27(24(31)22-3-2-14-29-22)12-8-20(9-13-27)37-26(34)19-10-15-28-16-11-19/h4-9,12,19,22-23,28-30H,2-3,10-11,13-17H2,1H3,(H,32,33)/t22-,23-,27?/m0/s1. The average Bonchev–Trinajstić information content (AvgIpc) is 3.44. The van der Waals surface area contributed by atoms with Gasteiger partial charge >= 0.3 is 11.9 Å². The third-order valence-electron chi connectivity index (χ3n) is 7.49. The molecule has 0 amide bonds. The number of piperidine rings is 1. The van der Waals surface area contributed by atoms with E-state index in [-0.39, 0.29) is 35.4 Å². The van der Waals surface area contributed by atoms with E-state index in [1.807, 2.05) is 6.92 Å². The number of ketones is 1. The molecule has 10 nitrogen and oxygen atoms in total. The zero-order valence-corrected chi connectivity index (χ0v) is 22.3. The number of carboxylic acids is 1. The quantitative estimate of drug-likeness (QED) is 0.323. The molecule has 0 bridgehead atoms. The molecular weight excluding hydrogens is 510 g/mol. The van der Waals surface area contributed by atoms with E-state index in [9.17, 15) is 27.9 Å². The summed E-state index contributed by atoms with van der Waals surface area (Å²) in [4.78, 5) is 38.5. The van der Waals surface area contributed by atoms with Crippen LogP contribution in [-0.2, 0) is 29.1 Å². The third-order valence-corrected chi connectivity index (χ3v) is 8.98. The van der Waals surface area contributed by atoms with E-state index in [2.05, 4.69) is 15.4 Å². The molecule has 3 aliphatic rings. The van der Waals surface area contributed by atoms with Crippen molar-refractivity contribution in [2.24, 2.45) is 11.3 Å². The Hall–Kier alpha value is -2.86. The summed E-state index contributed by atoms with van der Waals surface area (Å²) in [5, 5.41) is 16.3. The van der Waals surface area contributed by atoms with Gasteiger partial charge in [-0.05, 0) is 89.4 Å².